The Morgan fingerprint density at radius 3 is 2.69 bits per heavy atom. The lowest BCUT2D eigenvalue weighted by Crippen LogP contribution is -2.46. The van der Waals surface area contributed by atoms with Crippen molar-refractivity contribution in [3.8, 4) is 16.9 Å². The minimum atomic E-state index is -1.02. The van der Waals surface area contributed by atoms with E-state index in [1.807, 2.05) is 26.0 Å². The molecule has 51 heavy (non-hydrogen) atoms. The highest BCUT2D eigenvalue weighted by molar-refractivity contribution is 7.18. The first-order chi connectivity index (χ1) is 24.6. The predicted molar refractivity (Wildman–Crippen MR) is 199 cm³/mol. The van der Waals surface area contributed by atoms with Gasteiger partial charge in [0.05, 0.1) is 43.2 Å². The maximum absolute atomic E-state index is 14.0. The molecule has 0 amide bonds. The molecule has 1 aliphatic heterocycles. The number of carbonyl (C=O) groups is 1. The van der Waals surface area contributed by atoms with Crippen molar-refractivity contribution in [2.75, 3.05) is 19.7 Å². The van der Waals surface area contributed by atoms with E-state index in [1.165, 1.54) is 17.4 Å². The number of pyridine rings is 1. The van der Waals surface area contributed by atoms with E-state index in [2.05, 4.69) is 9.88 Å². The number of thiazole rings is 1. The Morgan fingerprint density at radius 1 is 1.06 bits per heavy atom. The number of hydrogen-bond donors (Lipinski definition) is 1. The molecule has 0 saturated carbocycles. The SMILES string of the molecule is Cc1cc(-c2cc(Cl)ccc2OCCn2c(C)nc3c(c2=O)C[C@H](N2CCC(c4nc5ccc(F)cc5s4)CC2)CC3)c2scc(C(=O)O)c2n1. The van der Waals surface area contributed by atoms with Gasteiger partial charge in [0.25, 0.3) is 5.56 Å². The van der Waals surface area contributed by atoms with Crippen molar-refractivity contribution in [3.05, 3.63) is 102 Å². The minimum absolute atomic E-state index is 0.00928. The zero-order valence-electron chi connectivity index (χ0n) is 28.1. The molecule has 0 radical (unpaired) electrons. The number of thiophene rings is 1. The molecule has 9 nitrogen and oxygen atoms in total. The smallest absolute Gasteiger partial charge is 0.338 e. The van der Waals surface area contributed by atoms with Crippen molar-refractivity contribution in [1.82, 2.24) is 24.4 Å². The van der Waals surface area contributed by atoms with Gasteiger partial charge in [-0.3, -0.25) is 19.2 Å². The molecule has 4 aromatic heterocycles. The van der Waals surface area contributed by atoms with Crippen LogP contribution in [0.5, 0.6) is 5.75 Å². The molecule has 5 heterocycles. The third kappa shape index (κ3) is 6.54. The molecule has 13 heteroatoms. The van der Waals surface area contributed by atoms with E-state index < -0.39 is 5.97 Å². The Labute approximate surface area is 306 Å². The van der Waals surface area contributed by atoms with Crippen LogP contribution >= 0.6 is 34.3 Å². The second kappa shape index (κ2) is 13.7. The molecule has 8 rings (SSSR count). The average molecular weight is 744 g/mol. The molecule has 1 N–H and O–H groups in total. The summed E-state index contributed by atoms with van der Waals surface area (Å²) in [7, 11) is 0. The van der Waals surface area contributed by atoms with Gasteiger partial charge in [0.1, 0.15) is 24.0 Å². The molecule has 1 fully saturated rings. The van der Waals surface area contributed by atoms with Crippen molar-refractivity contribution in [2.24, 2.45) is 0 Å². The first-order valence-corrected chi connectivity index (χ1v) is 19.1. The van der Waals surface area contributed by atoms with Gasteiger partial charge in [0.2, 0.25) is 0 Å². The van der Waals surface area contributed by atoms with Crippen molar-refractivity contribution in [2.45, 2.75) is 64.5 Å². The van der Waals surface area contributed by atoms with Crippen molar-refractivity contribution in [3.63, 3.8) is 0 Å². The molecule has 2 aliphatic rings. The summed E-state index contributed by atoms with van der Waals surface area (Å²) in [5.74, 6) is 0.353. The van der Waals surface area contributed by atoms with Gasteiger partial charge >= 0.3 is 5.97 Å². The van der Waals surface area contributed by atoms with E-state index in [9.17, 15) is 19.1 Å². The van der Waals surface area contributed by atoms with Crippen LogP contribution in [0.1, 0.15) is 63.3 Å². The molecule has 1 aliphatic carbocycles. The summed E-state index contributed by atoms with van der Waals surface area (Å²) in [5, 5.41) is 12.9. The fourth-order valence-corrected chi connectivity index (χ4v) is 9.91. The second-order valence-electron chi connectivity index (χ2n) is 13.3. The number of aromatic carboxylic acids is 1. The number of fused-ring (bicyclic) bond motifs is 3. The number of rotatable bonds is 8. The third-order valence-corrected chi connectivity index (χ3v) is 12.6. The van der Waals surface area contributed by atoms with Gasteiger partial charge in [-0.1, -0.05) is 11.6 Å². The van der Waals surface area contributed by atoms with Crippen LogP contribution in [-0.4, -0.2) is 61.2 Å². The van der Waals surface area contributed by atoms with E-state index in [-0.39, 0.29) is 29.6 Å². The minimum Gasteiger partial charge on any atom is -0.491 e. The number of likely N-dealkylation sites (tertiary alicyclic amines) is 1. The molecule has 262 valence electrons. The summed E-state index contributed by atoms with van der Waals surface area (Å²) in [6.07, 6.45) is 4.40. The summed E-state index contributed by atoms with van der Waals surface area (Å²) in [6.45, 7) is 6.12. The second-order valence-corrected chi connectivity index (χ2v) is 15.7. The number of ether oxygens (including phenoxy) is 1. The summed E-state index contributed by atoms with van der Waals surface area (Å²) in [5.41, 5.74) is 5.34. The Hall–Kier alpha value is -4.23. The summed E-state index contributed by atoms with van der Waals surface area (Å²) < 4.78 is 23.4. The fourth-order valence-electron chi connectivity index (χ4n) is 7.56. The Bertz CT molecular complexity index is 2380. The molecule has 6 aromatic rings. The number of halogens is 2. The molecule has 1 atom stereocenters. The first-order valence-electron chi connectivity index (χ1n) is 17.1. The average Bonchev–Trinajstić information content (AvgIpc) is 3.74. The monoisotopic (exact) mass is 743 g/mol. The lowest BCUT2D eigenvalue weighted by molar-refractivity contribution is 0.0699. The highest BCUT2D eigenvalue weighted by atomic mass is 35.5. The highest BCUT2D eigenvalue weighted by Crippen LogP contribution is 2.41. The van der Waals surface area contributed by atoms with Gasteiger partial charge in [-0.25, -0.2) is 19.2 Å². The van der Waals surface area contributed by atoms with Crippen molar-refractivity contribution >= 4 is 60.7 Å². The van der Waals surface area contributed by atoms with Gasteiger partial charge < -0.3 is 9.84 Å². The van der Waals surface area contributed by atoms with E-state index >= 15 is 0 Å². The number of carboxylic acid groups (broad SMARTS) is 1. The van der Waals surface area contributed by atoms with Crippen LogP contribution in [0.4, 0.5) is 4.39 Å². The topological polar surface area (TPSA) is 110 Å². The Balaban J connectivity index is 0.966. The predicted octanol–water partition coefficient (Wildman–Crippen LogP) is 8.05. The van der Waals surface area contributed by atoms with Crippen LogP contribution in [0, 0.1) is 19.7 Å². The molecular weight excluding hydrogens is 709 g/mol. The van der Waals surface area contributed by atoms with E-state index in [1.54, 1.807) is 45.5 Å². The Kier molecular flexibility index (Phi) is 9.12. The summed E-state index contributed by atoms with van der Waals surface area (Å²) in [6, 6.07) is 12.4. The lowest BCUT2D eigenvalue weighted by Gasteiger charge is -2.39. The molecule has 2 aromatic carbocycles. The number of aromatic nitrogens is 4. The first kappa shape index (κ1) is 33.9. The normalized spacial score (nSPS) is 16.9. The maximum atomic E-state index is 14.0. The van der Waals surface area contributed by atoms with E-state index in [4.69, 9.17) is 26.3 Å². The summed E-state index contributed by atoms with van der Waals surface area (Å²) in [4.78, 5) is 42.5. The number of benzene rings is 2. The number of hydrogen-bond acceptors (Lipinski definition) is 9. The molecular formula is C38H35ClFN5O4S2. The third-order valence-electron chi connectivity index (χ3n) is 10.1. The van der Waals surface area contributed by atoms with Crippen LogP contribution in [0.2, 0.25) is 5.02 Å². The van der Waals surface area contributed by atoms with Crippen molar-refractivity contribution in [1.29, 1.82) is 0 Å². The molecule has 1 saturated heterocycles. The van der Waals surface area contributed by atoms with E-state index in [0.29, 0.717) is 46.7 Å². The van der Waals surface area contributed by atoms with Gasteiger partial charge in [-0.15, -0.1) is 22.7 Å². The number of piperidine rings is 1. The van der Waals surface area contributed by atoms with Crippen LogP contribution in [0.15, 0.2) is 52.6 Å². The van der Waals surface area contributed by atoms with Crippen LogP contribution < -0.4 is 10.3 Å². The maximum Gasteiger partial charge on any atom is 0.338 e. The molecule has 0 spiro atoms. The number of nitrogens with zero attached hydrogens (tertiary/aromatic N) is 5. The number of carboxylic acids is 1. The van der Waals surface area contributed by atoms with Gasteiger partial charge in [-0.2, -0.15) is 0 Å². The van der Waals surface area contributed by atoms with Gasteiger partial charge in [0.15, 0.2) is 0 Å². The molecule has 0 unspecified atom stereocenters. The zero-order chi connectivity index (χ0) is 35.4. The quantitative estimate of drug-likeness (QED) is 0.167. The molecule has 0 bridgehead atoms. The van der Waals surface area contributed by atoms with Gasteiger partial charge in [0, 0.05) is 44.7 Å². The highest BCUT2D eigenvalue weighted by Gasteiger charge is 2.32. The van der Waals surface area contributed by atoms with E-state index in [0.717, 1.165) is 81.1 Å². The zero-order valence-corrected chi connectivity index (χ0v) is 30.5. The van der Waals surface area contributed by atoms with Crippen LogP contribution in [-0.2, 0) is 19.4 Å². The number of aryl methyl sites for hydroxylation is 3. The van der Waals surface area contributed by atoms with Crippen molar-refractivity contribution < 1.29 is 19.0 Å². The lowest BCUT2D eigenvalue weighted by atomic mass is 9.88. The van der Waals surface area contributed by atoms with Gasteiger partial charge in [-0.05, 0) is 102 Å². The largest absolute Gasteiger partial charge is 0.491 e. The van der Waals surface area contributed by atoms with Crippen LogP contribution in [0.3, 0.4) is 0 Å². The van der Waals surface area contributed by atoms with Crippen LogP contribution in [0.25, 0.3) is 31.6 Å². The Morgan fingerprint density at radius 2 is 1.88 bits per heavy atom. The standard InChI is InChI=1S/C38H35ClFN5O4S2/c1-20-15-27(35-34(41-20)29(19-50-35)38(47)48)26-16-23(39)3-8-32(26)49-14-13-45-21(2)42-30-7-5-25(18-28(30)37(45)46)44-11-9-22(10-12-44)36-43-31-6-4-24(40)17-33(31)51-36/h3-4,6,8,15-17,19,22,25H,5,7,9-14,18H2,1-2H3,(H,47,48)/t25-/m1/s1. The summed E-state index contributed by atoms with van der Waals surface area (Å²) >= 11 is 9.36. The fraction of sp³-hybridized carbons (Fsp3) is 0.342.